The first kappa shape index (κ1) is 28.1. The van der Waals surface area contributed by atoms with Gasteiger partial charge in [0.25, 0.3) is 5.91 Å². The number of amides is 1. The molecule has 0 saturated carbocycles. The van der Waals surface area contributed by atoms with Crippen molar-refractivity contribution in [2.24, 2.45) is 0 Å². The number of hydrogen-bond acceptors (Lipinski definition) is 6. The van der Waals surface area contributed by atoms with Gasteiger partial charge in [-0.25, -0.2) is 13.4 Å². The normalized spacial score (nSPS) is 11.8. The number of nitrogens with zero attached hydrogens (tertiary/aromatic N) is 4. The highest BCUT2D eigenvalue weighted by Gasteiger charge is 2.28. The van der Waals surface area contributed by atoms with Crippen LogP contribution < -0.4 is 4.90 Å². The Morgan fingerprint density at radius 2 is 1.65 bits per heavy atom. The molecule has 0 atom stereocenters. The number of benzene rings is 3. The molecule has 0 fully saturated rings. The lowest BCUT2D eigenvalue weighted by Gasteiger charge is -2.26. The molecule has 0 unspecified atom stereocenters. The molecule has 0 aliphatic rings. The van der Waals surface area contributed by atoms with Crippen LogP contribution in [0.1, 0.15) is 35.3 Å². The molecule has 0 saturated heterocycles. The van der Waals surface area contributed by atoms with E-state index in [9.17, 15) is 13.2 Å². The summed E-state index contributed by atoms with van der Waals surface area (Å²) in [5.41, 5.74) is 2.91. The Bertz CT molecular complexity index is 1730. The molecule has 204 valence electrons. The summed E-state index contributed by atoms with van der Waals surface area (Å²) in [5, 5.41) is 0.549. The smallest absolute Gasteiger partial charge is 0.260 e. The van der Waals surface area contributed by atoms with E-state index in [4.69, 9.17) is 4.98 Å². The van der Waals surface area contributed by atoms with Crippen molar-refractivity contribution in [2.45, 2.75) is 37.9 Å². The van der Waals surface area contributed by atoms with Crippen LogP contribution in [0.4, 0.5) is 5.13 Å². The lowest BCUT2D eigenvalue weighted by Crippen LogP contribution is -2.36. The summed E-state index contributed by atoms with van der Waals surface area (Å²) in [4.78, 5) is 24.5. The van der Waals surface area contributed by atoms with E-state index in [2.05, 4.69) is 20.9 Å². The van der Waals surface area contributed by atoms with Gasteiger partial charge in [-0.15, -0.1) is 0 Å². The third-order valence-electron chi connectivity index (χ3n) is 6.34. The van der Waals surface area contributed by atoms with Gasteiger partial charge in [0.15, 0.2) is 5.13 Å². The molecule has 2 aromatic heterocycles. The van der Waals surface area contributed by atoms with E-state index < -0.39 is 10.0 Å². The van der Waals surface area contributed by atoms with Gasteiger partial charge in [-0.05, 0) is 73.5 Å². The minimum Gasteiger partial charge on any atom is -0.279 e. The Hall–Kier alpha value is -3.44. The second-order valence-electron chi connectivity index (χ2n) is 9.52. The average molecular weight is 636 g/mol. The fourth-order valence-electron chi connectivity index (χ4n) is 4.27. The summed E-state index contributed by atoms with van der Waals surface area (Å²) in [6.07, 6.45) is 3.40. The zero-order valence-electron chi connectivity index (χ0n) is 21.9. The van der Waals surface area contributed by atoms with Crippen molar-refractivity contribution in [1.82, 2.24) is 14.3 Å². The molecule has 10 heteroatoms. The molecule has 0 radical (unpaired) electrons. The van der Waals surface area contributed by atoms with E-state index in [0.717, 1.165) is 25.8 Å². The van der Waals surface area contributed by atoms with Crippen molar-refractivity contribution in [1.29, 1.82) is 0 Å². The van der Waals surface area contributed by atoms with E-state index in [1.807, 2.05) is 74.5 Å². The number of carbonyl (C=O) groups excluding carboxylic acids is 1. The minimum absolute atomic E-state index is 0.136. The van der Waals surface area contributed by atoms with Crippen molar-refractivity contribution in [3.63, 3.8) is 0 Å². The molecule has 3 aromatic carbocycles. The van der Waals surface area contributed by atoms with Crippen LogP contribution >= 0.6 is 27.3 Å². The number of thiazole rings is 1. The quantitative estimate of drug-likeness (QED) is 0.176. The monoisotopic (exact) mass is 634 g/mol. The lowest BCUT2D eigenvalue weighted by molar-refractivity contribution is 0.0985. The minimum atomic E-state index is -3.80. The van der Waals surface area contributed by atoms with Gasteiger partial charge >= 0.3 is 0 Å². The summed E-state index contributed by atoms with van der Waals surface area (Å²) in [5.74, 6) is -0.282. The first-order chi connectivity index (χ1) is 19.2. The van der Waals surface area contributed by atoms with Crippen molar-refractivity contribution in [3.05, 3.63) is 118 Å². The number of rotatable bonds is 9. The standard InChI is InChI=1S/C30H27BrN4O3S2/c1-21(2)35(20-22-7-4-3-5-8-22)40(37,38)26-13-10-24(11-14-26)29(36)34(19-23-9-6-16-32-18-23)30-33-27-15-12-25(31)17-28(27)39-30/h3-18,21H,19-20H2,1-2H3. The largest absolute Gasteiger partial charge is 0.279 e. The second-order valence-corrected chi connectivity index (χ2v) is 13.3. The van der Waals surface area contributed by atoms with Crippen LogP contribution in [-0.2, 0) is 23.1 Å². The van der Waals surface area contributed by atoms with Crippen molar-refractivity contribution in [3.8, 4) is 0 Å². The third-order valence-corrected chi connectivity index (χ3v) is 9.91. The van der Waals surface area contributed by atoms with Gasteiger partial charge in [-0.1, -0.05) is 63.7 Å². The number of aromatic nitrogens is 2. The number of pyridine rings is 1. The maximum Gasteiger partial charge on any atom is 0.260 e. The van der Waals surface area contributed by atoms with Crippen LogP contribution in [0.5, 0.6) is 0 Å². The molecule has 0 N–H and O–H groups in total. The number of hydrogen-bond donors (Lipinski definition) is 0. The van der Waals surface area contributed by atoms with Crippen molar-refractivity contribution < 1.29 is 13.2 Å². The zero-order chi connectivity index (χ0) is 28.3. The summed E-state index contributed by atoms with van der Waals surface area (Å²) in [6.45, 7) is 4.23. The van der Waals surface area contributed by atoms with Gasteiger partial charge in [-0.3, -0.25) is 14.7 Å². The van der Waals surface area contributed by atoms with Gasteiger partial charge in [-0.2, -0.15) is 4.31 Å². The highest BCUT2D eigenvalue weighted by molar-refractivity contribution is 9.10. The number of anilines is 1. The average Bonchev–Trinajstić information content (AvgIpc) is 3.38. The van der Waals surface area contributed by atoms with Crippen molar-refractivity contribution >= 4 is 58.5 Å². The fourth-order valence-corrected chi connectivity index (χ4v) is 7.41. The molecule has 0 aliphatic carbocycles. The first-order valence-electron chi connectivity index (χ1n) is 12.6. The molecule has 7 nitrogen and oxygen atoms in total. The van der Waals surface area contributed by atoms with E-state index in [1.54, 1.807) is 29.4 Å². The third kappa shape index (κ3) is 6.15. The van der Waals surface area contributed by atoms with E-state index >= 15 is 0 Å². The Morgan fingerprint density at radius 1 is 0.925 bits per heavy atom. The lowest BCUT2D eigenvalue weighted by atomic mass is 10.2. The summed E-state index contributed by atoms with van der Waals surface area (Å²) < 4.78 is 30.5. The molecular weight excluding hydrogens is 608 g/mol. The summed E-state index contributed by atoms with van der Waals surface area (Å²) in [6, 6.07) is 24.9. The predicted molar refractivity (Wildman–Crippen MR) is 163 cm³/mol. The highest BCUT2D eigenvalue weighted by Crippen LogP contribution is 2.33. The van der Waals surface area contributed by atoms with Crippen LogP contribution in [0.25, 0.3) is 10.2 Å². The Labute approximate surface area is 246 Å². The van der Waals surface area contributed by atoms with Gasteiger partial charge in [0.2, 0.25) is 10.0 Å². The molecule has 1 amide bonds. The first-order valence-corrected chi connectivity index (χ1v) is 15.7. The second kappa shape index (κ2) is 12.0. The maximum atomic E-state index is 13.8. The highest BCUT2D eigenvalue weighted by atomic mass is 79.9. The number of carbonyl (C=O) groups is 1. The molecule has 0 bridgehead atoms. The van der Waals surface area contributed by atoms with Gasteiger partial charge in [0, 0.05) is 35.0 Å². The molecule has 40 heavy (non-hydrogen) atoms. The van der Waals surface area contributed by atoms with E-state index in [0.29, 0.717) is 10.7 Å². The Kier molecular flexibility index (Phi) is 8.41. The molecule has 0 aliphatic heterocycles. The summed E-state index contributed by atoms with van der Waals surface area (Å²) in [7, 11) is -3.80. The van der Waals surface area contributed by atoms with Crippen LogP contribution in [-0.4, -0.2) is 34.6 Å². The molecule has 0 spiro atoms. The molecule has 5 rings (SSSR count). The van der Waals surface area contributed by atoms with Gasteiger partial charge in [0.1, 0.15) is 0 Å². The van der Waals surface area contributed by atoms with Crippen LogP contribution in [0.15, 0.2) is 107 Å². The predicted octanol–water partition coefficient (Wildman–Crippen LogP) is 6.90. The van der Waals surface area contributed by atoms with E-state index in [1.165, 1.54) is 27.8 Å². The number of fused-ring (bicyclic) bond motifs is 1. The SMILES string of the molecule is CC(C)N(Cc1ccccc1)S(=O)(=O)c1ccc(C(=O)N(Cc2cccnc2)c2nc3ccc(Br)cc3s2)cc1. The molecule has 5 aromatic rings. The Balaban J connectivity index is 1.45. The number of sulfonamides is 1. The van der Waals surface area contributed by atoms with Crippen molar-refractivity contribution in [2.75, 3.05) is 4.90 Å². The topological polar surface area (TPSA) is 83.5 Å². The van der Waals surface area contributed by atoms with E-state index in [-0.39, 0.29) is 29.9 Å². The fraction of sp³-hybridized carbons (Fsp3) is 0.167. The van der Waals surface area contributed by atoms with Gasteiger partial charge < -0.3 is 0 Å². The number of halogens is 1. The van der Waals surface area contributed by atoms with Crippen LogP contribution in [0, 0.1) is 0 Å². The van der Waals surface area contributed by atoms with Crippen LogP contribution in [0.3, 0.4) is 0 Å². The summed E-state index contributed by atoms with van der Waals surface area (Å²) >= 11 is 4.91. The molecule has 2 heterocycles. The zero-order valence-corrected chi connectivity index (χ0v) is 25.2. The molecular formula is C30H27BrN4O3S2. The van der Waals surface area contributed by atoms with Gasteiger partial charge in [0.05, 0.1) is 21.7 Å². The van der Waals surface area contributed by atoms with Crippen LogP contribution in [0.2, 0.25) is 0 Å². The maximum absolute atomic E-state index is 13.8. The Morgan fingerprint density at radius 3 is 2.33 bits per heavy atom.